The highest BCUT2D eigenvalue weighted by atomic mass is 16.5. The van der Waals surface area contributed by atoms with Crippen molar-refractivity contribution >= 4 is 11.9 Å². The first-order valence-corrected chi connectivity index (χ1v) is 5.41. The van der Waals surface area contributed by atoms with Gasteiger partial charge in [-0.2, -0.15) is 0 Å². The quantitative estimate of drug-likeness (QED) is 0.663. The van der Waals surface area contributed by atoms with Crippen LogP contribution < -0.4 is 0 Å². The van der Waals surface area contributed by atoms with Crippen LogP contribution in [0.1, 0.15) is 46.5 Å². The zero-order valence-corrected chi connectivity index (χ0v) is 9.71. The molecular formula is C11H20O4. The summed E-state index contributed by atoms with van der Waals surface area (Å²) in [5, 5.41) is 8.78. The van der Waals surface area contributed by atoms with Gasteiger partial charge >= 0.3 is 11.9 Å². The van der Waals surface area contributed by atoms with Crippen molar-refractivity contribution in [2.45, 2.75) is 46.5 Å². The molecular weight excluding hydrogens is 196 g/mol. The van der Waals surface area contributed by atoms with E-state index in [0.29, 0.717) is 19.4 Å². The lowest BCUT2D eigenvalue weighted by Gasteiger charge is -2.27. The molecule has 0 rings (SSSR count). The number of carboxylic acid groups (broad SMARTS) is 1. The Balaban J connectivity index is 4.60. The molecule has 88 valence electrons. The van der Waals surface area contributed by atoms with E-state index in [1.165, 1.54) is 0 Å². The van der Waals surface area contributed by atoms with Gasteiger partial charge in [-0.15, -0.1) is 0 Å². The van der Waals surface area contributed by atoms with Crippen molar-refractivity contribution in [1.29, 1.82) is 0 Å². The van der Waals surface area contributed by atoms with Crippen LogP contribution in [-0.4, -0.2) is 23.7 Å². The minimum atomic E-state index is -0.952. The summed E-state index contributed by atoms with van der Waals surface area (Å²) in [6.45, 7) is 5.91. The van der Waals surface area contributed by atoms with Crippen molar-refractivity contribution in [2.75, 3.05) is 6.61 Å². The fourth-order valence-electron chi connectivity index (χ4n) is 1.50. The van der Waals surface area contributed by atoms with Gasteiger partial charge in [0.05, 0.1) is 18.4 Å². The number of hydrogen-bond acceptors (Lipinski definition) is 3. The van der Waals surface area contributed by atoms with E-state index in [-0.39, 0.29) is 12.4 Å². The van der Waals surface area contributed by atoms with Crippen molar-refractivity contribution in [3.63, 3.8) is 0 Å². The third kappa shape index (κ3) is 3.90. The molecule has 0 aliphatic rings. The highest BCUT2D eigenvalue weighted by molar-refractivity contribution is 5.82. The van der Waals surface area contributed by atoms with Crippen LogP contribution >= 0.6 is 0 Å². The van der Waals surface area contributed by atoms with Crippen LogP contribution in [0.4, 0.5) is 0 Å². The molecule has 0 fully saturated rings. The predicted molar refractivity (Wildman–Crippen MR) is 56.5 cm³/mol. The molecule has 4 heteroatoms. The van der Waals surface area contributed by atoms with Gasteiger partial charge < -0.3 is 9.84 Å². The summed E-state index contributed by atoms with van der Waals surface area (Å²) in [6.07, 6.45) is 1.60. The second kappa shape index (κ2) is 6.43. The second-order valence-corrected chi connectivity index (χ2v) is 3.69. The summed E-state index contributed by atoms with van der Waals surface area (Å²) >= 11 is 0. The summed E-state index contributed by atoms with van der Waals surface area (Å²) < 4.78 is 5.04. The van der Waals surface area contributed by atoms with E-state index in [9.17, 15) is 9.59 Å². The van der Waals surface area contributed by atoms with E-state index in [0.717, 1.165) is 6.42 Å². The highest BCUT2D eigenvalue weighted by Crippen LogP contribution is 2.32. The first-order chi connectivity index (χ1) is 7.02. The monoisotopic (exact) mass is 216 g/mol. The maximum atomic E-state index is 11.7. The Labute approximate surface area is 90.6 Å². The van der Waals surface area contributed by atoms with Gasteiger partial charge in [-0.1, -0.05) is 20.8 Å². The molecule has 0 atom stereocenters. The summed E-state index contributed by atoms with van der Waals surface area (Å²) in [6, 6.07) is 0. The van der Waals surface area contributed by atoms with E-state index in [1.54, 1.807) is 0 Å². The van der Waals surface area contributed by atoms with Gasteiger partial charge in [-0.3, -0.25) is 9.59 Å². The van der Waals surface area contributed by atoms with E-state index in [4.69, 9.17) is 9.84 Å². The lowest BCUT2D eigenvalue weighted by atomic mass is 9.79. The molecule has 0 bridgehead atoms. The molecule has 15 heavy (non-hydrogen) atoms. The fraction of sp³-hybridized carbons (Fsp3) is 0.818. The summed E-state index contributed by atoms with van der Waals surface area (Å²) in [7, 11) is 0. The molecule has 0 spiro atoms. The smallest absolute Gasteiger partial charge is 0.312 e. The van der Waals surface area contributed by atoms with Crippen LogP contribution in [0.25, 0.3) is 0 Å². The molecule has 0 aliphatic heterocycles. The molecule has 0 saturated heterocycles. The van der Waals surface area contributed by atoms with E-state index < -0.39 is 11.4 Å². The largest absolute Gasteiger partial charge is 0.481 e. The first kappa shape index (κ1) is 13.9. The Bertz CT molecular complexity index is 219. The summed E-state index contributed by atoms with van der Waals surface area (Å²) in [5.41, 5.74) is -0.846. The molecule has 1 N–H and O–H groups in total. The maximum absolute atomic E-state index is 11.7. The summed E-state index contributed by atoms with van der Waals surface area (Å²) in [4.78, 5) is 22.4. The lowest BCUT2D eigenvalue weighted by Crippen LogP contribution is -2.34. The van der Waals surface area contributed by atoms with Crippen molar-refractivity contribution in [1.82, 2.24) is 0 Å². The van der Waals surface area contributed by atoms with Crippen molar-refractivity contribution in [3.8, 4) is 0 Å². The third-order valence-corrected chi connectivity index (χ3v) is 2.71. The Morgan fingerprint density at radius 3 is 2.07 bits per heavy atom. The minimum absolute atomic E-state index is 0.150. The second-order valence-electron chi connectivity index (χ2n) is 3.69. The third-order valence-electron chi connectivity index (χ3n) is 2.71. The van der Waals surface area contributed by atoms with E-state index in [1.807, 2.05) is 20.8 Å². The predicted octanol–water partition coefficient (Wildman–Crippen LogP) is 2.22. The van der Waals surface area contributed by atoms with Gasteiger partial charge in [0.25, 0.3) is 0 Å². The number of carbonyl (C=O) groups is 2. The van der Waals surface area contributed by atoms with Crippen LogP contribution in [0.15, 0.2) is 0 Å². The molecule has 0 aromatic heterocycles. The number of aliphatic carboxylic acids is 1. The number of esters is 1. The number of carbonyl (C=O) groups excluding carboxylic acids is 1. The Kier molecular flexibility index (Phi) is 5.97. The summed E-state index contributed by atoms with van der Waals surface area (Å²) in [5.74, 6) is -1.33. The minimum Gasteiger partial charge on any atom is -0.481 e. The Morgan fingerprint density at radius 2 is 1.73 bits per heavy atom. The van der Waals surface area contributed by atoms with Crippen LogP contribution in [0.2, 0.25) is 0 Å². The molecule has 0 unspecified atom stereocenters. The van der Waals surface area contributed by atoms with Crippen molar-refractivity contribution < 1.29 is 19.4 Å². The zero-order chi connectivity index (χ0) is 11.9. The SMILES string of the molecule is CCCOC(=O)C(CC)(CC)CC(=O)O. The van der Waals surface area contributed by atoms with Crippen molar-refractivity contribution in [2.24, 2.45) is 5.41 Å². The first-order valence-electron chi connectivity index (χ1n) is 5.41. The van der Waals surface area contributed by atoms with Crippen LogP contribution in [-0.2, 0) is 14.3 Å². The number of ether oxygens (including phenoxy) is 1. The van der Waals surface area contributed by atoms with Gasteiger partial charge in [0, 0.05) is 0 Å². The molecule has 0 radical (unpaired) electrons. The Morgan fingerprint density at radius 1 is 1.20 bits per heavy atom. The van der Waals surface area contributed by atoms with Crippen LogP contribution in [0.5, 0.6) is 0 Å². The Hall–Kier alpha value is -1.06. The van der Waals surface area contributed by atoms with Crippen LogP contribution in [0, 0.1) is 5.41 Å². The molecule has 4 nitrogen and oxygen atoms in total. The van der Waals surface area contributed by atoms with Crippen LogP contribution in [0.3, 0.4) is 0 Å². The van der Waals surface area contributed by atoms with Gasteiger partial charge in [0.2, 0.25) is 0 Å². The molecule has 0 aromatic carbocycles. The maximum Gasteiger partial charge on any atom is 0.312 e. The van der Waals surface area contributed by atoms with Gasteiger partial charge in [0.1, 0.15) is 0 Å². The number of hydrogen-bond donors (Lipinski definition) is 1. The molecule has 0 aromatic rings. The molecule has 0 heterocycles. The normalized spacial score (nSPS) is 11.1. The van der Waals surface area contributed by atoms with E-state index in [2.05, 4.69) is 0 Å². The lowest BCUT2D eigenvalue weighted by molar-refractivity contribution is -0.161. The molecule has 0 saturated carbocycles. The molecule has 0 amide bonds. The topological polar surface area (TPSA) is 63.6 Å². The fourth-order valence-corrected chi connectivity index (χ4v) is 1.50. The van der Waals surface area contributed by atoms with Gasteiger partial charge in [-0.05, 0) is 19.3 Å². The average Bonchev–Trinajstić information content (AvgIpc) is 2.22. The zero-order valence-electron chi connectivity index (χ0n) is 9.71. The average molecular weight is 216 g/mol. The van der Waals surface area contributed by atoms with Crippen molar-refractivity contribution in [3.05, 3.63) is 0 Å². The van der Waals surface area contributed by atoms with Gasteiger partial charge in [-0.25, -0.2) is 0 Å². The number of rotatable bonds is 7. The highest BCUT2D eigenvalue weighted by Gasteiger charge is 2.38. The standard InChI is InChI=1S/C11H20O4/c1-4-7-15-10(14)11(5-2,6-3)8-9(12)13/h4-8H2,1-3H3,(H,12,13). The van der Waals surface area contributed by atoms with E-state index >= 15 is 0 Å². The molecule has 0 aliphatic carbocycles. The number of carboxylic acids is 1. The van der Waals surface area contributed by atoms with Gasteiger partial charge in [0.15, 0.2) is 0 Å².